The van der Waals surface area contributed by atoms with Gasteiger partial charge in [-0.3, -0.25) is 9.59 Å². The van der Waals surface area contributed by atoms with Gasteiger partial charge in [0.05, 0.1) is 5.41 Å². The number of carboxylic acids is 1. The fourth-order valence-electron chi connectivity index (χ4n) is 2.32. The quantitative estimate of drug-likeness (QED) is 0.806. The van der Waals surface area contributed by atoms with Gasteiger partial charge in [-0.15, -0.1) is 0 Å². The van der Waals surface area contributed by atoms with Crippen LogP contribution >= 0.6 is 11.8 Å². The number of amides is 1. The Morgan fingerprint density at radius 1 is 1.39 bits per heavy atom. The zero-order chi connectivity index (χ0) is 13.8. The van der Waals surface area contributed by atoms with E-state index in [2.05, 4.69) is 0 Å². The molecule has 1 atom stereocenters. The minimum Gasteiger partial charge on any atom is -0.481 e. The van der Waals surface area contributed by atoms with Crippen molar-refractivity contribution in [2.75, 3.05) is 18.6 Å². The molecule has 104 valence electrons. The van der Waals surface area contributed by atoms with E-state index >= 15 is 0 Å². The van der Waals surface area contributed by atoms with Crippen LogP contribution in [0.2, 0.25) is 0 Å². The number of carboxylic acid groups (broad SMARTS) is 1. The van der Waals surface area contributed by atoms with E-state index in [4.69, 9.17) is 0 Å². The molecule has 1 unspecified atom stereocenters. The molecule has 0 aromatic heterocycles. The molecule has 1 heterocycles. The summed E-state index contributed by atoms with van der Waals surface area (Å²) in [7, 11) is 1.80. The zero-order valence-electron chi connectivity index (χ0n) is 11.4. The highest BCUT2D eigenvalue weighted by Crippen LogP contribution is 2.32. The lowest BCUT2D eigenvalue weighted by Crippen LogP contribution is -2.42. The largest absolute Gasteiger partial charge is 0.481 e. The van der Waals surface area contributed by atoms with E-state index in [0.29, 0.717) is 12.8 Å². The van der Waals surface area contributed by atoms with Gasteiger partial charge in [-0.05, 0) is 25.0 Å². The Balaban J connectivity index is 2.68. The molecule has 4 nitrogen and oxygen atoms in total. The van der Waals surface area contributed by atoms with Crippen LogP contribution in [0.1, 0.15) is 39.5 Å². The molecule has 1 N–H and O–H groups in total. The number of nitrogens with zero attached hydrogens (tertiary/aromatic N) is 1. The lowest BCUT2D eigenvalue weighted by atomic mass is 9.79. The van der Waals surface area contributed by atoms with Crippen LogP contribution in [0.4, 0.5) is 0 Å². The van der Waals surface area contributed by atoms with Gasteiger partial charge in [0.25, 0.3) is 0 Å². The Kier molecular flexibility index (Phi) is 5.50. The van der Waals surface area contributed by atoms with E-state index in [-0.39, 0.29) is 18.4 Å². The van der Waals surface area contributed by atoms with E-state index in [1.807, 2.05) is 25.6 Å². The number of aliphatic carboxylic acids is 1. The number of carbonyl (C=O) groups excluding carboxylic acids is 1. The molecule has 18 heavy (non-hydrogen) atoms. The average molecular weight is 273 g/mol. The highest BCUT2D eigenvalue weighted by atomic mass is 32.2. The van der Waals surface area contributed by atoms with Crippen molar-refractivity contribution in [2.45, 2.75) is 45.6 Å². The number of carbonyl (C=O) groups is 2. The van der Waals surface area contributed by atoms with E-state index in [9.17, 15) is 14.7 Å². The van der Waals surface area contributed by atoms with Gasteiger partial charge in [-0.1, -0.05) is 13.8 Å². The summed E-state index contributed by atoms with van der Waals surface area (Å²) in [4.78, 5) is 25.4. The summed E-state index contributed by atoms with van der Waals surface area (Å²) in [5.41, 5.74) is -0.892. The van der Waals surface area contributed by atoms with Gasteiger partial charge in [0.15, 0.2) is 0 Å². The first-order valence-electron chi connectivity index (χ1n) is 6.53. The predicted octanol–water partition coefficient (Wildman–Crippen LogP) is 2.23. The van der Waals surface area contributed by atoms with Crippen molar-refractivity contribution >= 4 is 23.6 Å². The molecule has 0 aromatic rings. The number of thioether (sulfide) groups is 1. The highest BCUT2D eigenvalue weighted by Gasteiger charge is 2.39. The maximum Gasteiger partial charge on any atom is 0.310 e. The lowest BCUT2D eigenvalue weighted by Gasteiger charge is -2.30. The van der Waals surface area contributed by atoms with E-state index in [1.165, 1.54) is 0 Å². The number of rotatable bonds is 6. The lowest BCUT2D eigenvalue weighted by molar-refractivity contribution is -0.154. The summed E-state index contributed by atoms with van der Waals surface area (Å²) in [6.07, 6.45) is 2.13. The molecular weight excluding hydrogens is 250 g/mol. The Hall–Kier alpha value is -0.710. The van der Waals surface area contributed by atoms with Crippen LogP contribution in [0, 0.1) is 5.41 Å². The van der Waals surface area contributed by atoms with Gasteiger partial charge >= 0.3 is 5.97 Å². The summed E-state index contributed by atoms with van der Waals surface area (Å²) < 4.78 is 0. The van der Waals surface area contributed by atoms with Crippen molar-refractivity contribution in [3.63, 3.8) is 0 Å². The first-order chi connectivity index (χ1) is 8.46. The third-order valence-electron chi connectivity index (χ3n) is 4.14. The molecule has 0 radical (unpaired) electrons. The minimum atomic E-state index is -0.892. The van der Waals surface area contributed by atoms with Crippen LogP contribution in [-0.4, -0.2) is 46.5 Å². The van der Waals surface area contributed by atoms with Gasteiger partial charge in [0.2, 0.25) is 5.91 Å². The van der Waals surface area contributed by atoms with Crippen LogP contribution in [-0.2, 0) is 9.59 Å². The molecule has 1 aliphatic heterocycles. The van der Waals surface area contributed by atoms with E-state index in [0.717, 1.165) is 17.9 Å². The topological polar surface area (TPSA) is 57.6 Å². The van der Waals surface area contributed by atoms with Crippen molar-refractivity contribution in [1.29, 1.82) is 0 Å². The third-order valence-corrected chi connectivity index (χ3v) is 5.29. The van der Waals surface area contributed by atoms with Crippen molar-refractivity contribution in [3.05, 3.63) is 0 Å². The van der Waals surface area contributed by atoms with Gasteiger partial charge in [-0.25, -0.2) is 0 Å². The number of hydrogen-bond acceptors (Lipinski definition) is 3. The van der Waals surface area contributed by atoms with Crippen LogP contribution in [0.3, 0.4) is 0 Å². The second-order valence-electron chi connectivity index (χ2n) is 4.99. The molecular formula is C13H23NO3S. The second-order valence-corrected chi connectivity index (χ2v) is 6.14. The summed E-state index contributed by atoms with van der Waals surface area (Å²) in [6, 6.07) is 0.280. The molecule has 1 amide bonds. The molecule has 0 aliphatic carbocycles. The third kappa shape index (κ3) is 3.19. The van der Waals surface area contributed by atoms with Gasteiger partial charge in [-0.2, -0.15) is 11.8 Å². The standard InChI is InChI=1S/C13H23NO3S/c1-4-13(5-2,12(16)17)8-11(15)14(3)10-6-7-18-9-10/h10H,4-9H2,1-3H3,(H,16,17). The van der Waals surface area contributed by atoms with Crippen molar-refractivity contribution < 1.29 is 14.7 Å². The van der Waals surface area contributed by atoms with Crippen molar-refractivity contribution in [3.8, 4) is 0 Å². The molecule has 0 spiro atoms. The van der Waals surface area contributed by atoms with Gasteiger partial charge in [0, 0.05) is 25.3 Å². The maximum atomic E-state index is 12.2. The van der Waals surface area contributed by atoms with Crippen molar-refractivity contribution in [2.24, 2.45) is 5.41 Å². The van der Waals surface area contributed by atoms with Crippen LogP contribution in [0.25, 0.3) is 0 Å². The summed E-state index contributed by atoms with van der Waals surface area (Å²) in [6.45, 7) is 3.69. The zero-order valence-corrected chi connectivity index (χ0v) is 12.3. The van der Waals surface area contributed by atoms with Crippen molar-refractivity contribution in [1.82, 2.24) is 4.90 Å². The number of hydrogen-bond donors (Lipinski definition) is 1. The molecule has 0 aromatic carbocycles. The molecule has 0 saturated carbocycles. The molecule has 1 aliphatic rings. The van der Waals surface area contributed by atoms with Gasteiger partial charge < -0.3 is 10.0 Å². The molecule has 0 bridgehead atoms. The maximum absolute atomic E-state index is 12.2. The molecule has 1 rings (SSSR count). The fraction of sp³-hybridized carbons (Fsp3) is 0.846. The van der Waals surface area contributed by atoms with Gasteiger partial charge in [0.1, 0.15) is 0 Å². The Morgan fingerprint density at radius 2 is 2.00 bits per heavy atom. The smallest absolute Gasteiger partial charge is 0.310 e. The van der Waals surface area contributed by atoms with E-state index < -0.39 is 11.4 Å². The van der Waals surface area contributed by atoms with Crippen LogP contribution in [0.5, 0.6) is 0 Å². The Morgan fingerprint density at radius 3 is 2.39 bits per heavy atom. The Labute approximate surface area is 113 Å². The van der Waals surface area contributed by atoms with E-state index in [1.54, 1.807) is 11.9 Å². The highest BCUT2D eigenvalue weighted by molar-refractivity contribution is 7.99. The average Bonchev–Trinajstić information content (AvgIpc) is 2.88. The molecule has 5 heteroatoms. The predicted molar refractivity (Wildman–Crippen MR) is 73.8 cm³/mol. The Bertz CT molecular complexity index is 309. The normalized spacial score (nSPS) is 19.8. The molecule has 1 fully saturated rings. The first kappa shape index (κ1) is 15.3. The van der Waals surface area contributed by atoms with Crippen LogP contribution in [0.15, 0.2) is 0 Å². The molecule has 1 saturated heterocycles. The summed E-state index contributed by atoms with van der Waals surface area (Å²) in [5, 5.41) is 9.34. The summed E-state index contributed by atoms with van der Waals surface area (Å²) >= 11 is 1.85. The monoisotopic (exact) mass is 273 g/mol. The first-order valence-corrected chi connectivity index (χ1v) is 7.69. The second kappa shape index (κ2) is 6.45. The summed E-state index contributed by atoms with van der Waals surface area (Å²) in [5.74, 6) is 1.18. The fourth-order valence-corrected chi connectivity index (χ4v) is 3.59. The SMILES string of the molecule is CCC(CC)(CC(=O)N(C)C1CCSC1)C(=O)O. The minimum absolute atomic E-state index is 0.0337. The van der Waals surface area contributed by atoms with Crippen LogP contribution < -0.4 is 0 Å².